The molecular formula is C38H46N2O4. The normalized spacial score (nSPS) is 9.73. The highest BCUT2D eigenvalue weighted by Crippen LogP contribution is 2.22. The molecular weight excluding hydrogens is 548 g/mol. The average molecular weight is 595 g/mol. The van der Waals surface area contributed by atoms with Crippen molar-refractivity contribution in [2.75, 3.05) is 19.5 Å². The number of carbonyl (C=O) groups is 1. The Labute approximate surface area is 262 Å². The third-order valence-corrected chi connectivity index (χ3v) is 6.71. The number of aryl methyl sites for hydroxylation is 4. The number of amides is 1. The van der Waals surface area contributed by atoms with E-state index in [4.69, 9.17) is 15.4 Å². The summed E-state index contributed by atoms with van der Waals surface area (Å²) in [6.07, 6.45) is 1.09. The van der Waals surface area contributed by atoms with Gasteiger partial charge in [-0.1, -0.05) is 91.3 Å². The van der Waals surface area contributed by atoms with Crippen LogP contribution in [0.2, 0.25) is 0 Å². The van der Waals surface area contributed by atoms with Gasteiger partial charge in [0.05, 0.1) is 20.8 Å². The molecule has 0 aliphatic carbocycles. The molecule has 44 heavy (non-hydrogen) atoms. The summed E-state index contributed by atoms with van der Waals surface area (Å²) in [5, 5.41) is 5.21. The van der Waals surface area contributed by atoms with Crippen LogP contribution < -0.4 is 20.7 Å². The van der Waals surface area contributed by atoms with Crippen molar-refractivity contribution in [3.8, 4) is 11.5 Å². The van der Waals surface area contributed by atoms with Gasteiger partial charge in [-0.3, -0.25) is 9.63 Å². The zero-order valence-corrected chi connectivity index (χ0v) is 27.0. The Balaban J connectivity index is 0.000000208. The standard InChI is InChI=1S/C13H14O.C9H11NO.C8H11NO.C8H10O/c1-3-10-4-5-12-9-13(14-2)7-6-11(12)8-10;1-7-3-5-9(6-4-7)10-8(2)11;1-7-4-2-3-5-8(7)6-10-9;1-7-5-3-4-6-8(7)9-2/h4-9H,3H2,1-2H3;3-6H,1-2H3,(H,10,11);2-5H,6,9H2,1H3;3-6H,1-2H3. The molecule has 0 saturated carbocycles. The highest BCUT2D eigenvalue weighted by molar-refractivity contribution is 5.88. The van der Waals surface area contributed by atoms with Crippen LogP contribution in [0.5, 0.6) is 11.5 Å². The third kappa shape index (κ3) is 12.7. The number of fused-ring (bicyclic) bond motifs is 1. The molecule has 232 valence electrons. The van der Waals surface area contributed by atoms with E-state index in [2.05, 4.69) is 47.4 Å². The number of anilines is 1. The molecule has 0 heterocycles. The average Bonchev–Trinajstić information content (AvgIpc) is 3.04. The number of hydrogen-bond donors (Lipinski definition) is 2. The summed E-state index contributed by atoms with van der Waals surface area (Å²) in [7, 11) is 3.38. The zero-order valence-electron chi connectivity index (χ0n) is 27.0. The molecule has 0 aliphatic rings. The van der Waals surface area contributed by atoms with E-state index in [-0.39, 0.29) is 5.91 Å². The monoisotopic (exact) mass is 594 g/mol. The maximum absolute atomic E-state index is 10.6. The Morgan fingerprint density at radius 2 is 1.34 bits per heavy atom. The Bertz CT molecular complexity index is 1520. The quantitative estimate of drug-likeness (QED) is 0.192. The fourth-order valence-electron chi connectivity index (χ4n) is 4.11. The second kappa shape index (κ2) is 19.5. The van der Waals surface area contributed by atoms with Gasteiger partial charge in [-0.2, -0.15) is 0 Å². The van der Waals surface area contributed by atoms with Crippen molar-refractivity contribution >= 4 is 22.4 Å². The molecule has 0 spiro atoms. The van der Waals surface area contributed by atoms with Crippen molar-refractivity contribution in [3.05, 3.63) is 137 Å². The zero-order chi connectivity index (χ0) is 32.3. The van der Waals surface area contributed by atoms with E-state index in [1.165, 1.54) is 39.9 Å². The Hall–Kier alpha value is -4.65. The highest BCUT2D eigenvalue weighted by atomic mass is 16.6. The molecule has 5 aromatic rings. The number of ether oxygens (including phenoxy) is 2. The van der Waals surface area contributed by atoms with Crippen molar-refractivity contribution in [1.82, 2.24) is 0 Å². The fraction of sp³-hybridized carbons (Fsp3) is 0.237. The number of carbonyl (C=O) groups excluding carboxylic acids is 1. The van der Waals surface area contributed by atoms with Gasteiger partial charge < -0.3 is 14.8 Å². The summed E-state index contributed by atoms with van der Waals surface area (Å²) in [5.41, 5.74) is 6.96. The van der Waals surface area contributed by atoms with Gasteiger partial charge in [0.25, 0.3) is 0 Å². The maximum Gasteiger partial charge on any atom is 0.221 e. The predicted octanol–water partition coefficient (Wildman–Crippen LogP) is 8.75. The first kappa shape index (κ1) is 35.5. The van der Waals surface area contributed by atoms with Gasteiger partial charge in [-0.05, 0) is 90.6 Å². The van der Waals surface area contributed by atoms with Crippen LogP contribution in [0.25, 0.3) is 10.8 Å². The number of methoxy groups -OCH3 is 2. The number of benzene rings is 5. The van der Waals surface area contributed by atoms with Crippen LogP contribution in [0, 0.1) is 20.8 Å². The van der Waals surface area contributed by atoms with Crippen LogP contribution in [0.15, 0.2) is 109 Å². The lowest BCUT2D eigenvalue weighted by atomic mass is 10.1. The SMILES string of the molecule is CC(=O)Nc1ccc(C)cc1.CCc1ccc2cc(OC)ccc2c1.COc1ccccc1C.Cc1ccccc1CON. The minimum absolute atomic E-state index is 0.0335. The Kier molecular flexibility index (Phi) is 15.8. The van der Waals surface area contributed by atoms with Crippen LogP contribution in [0.1, 0.15) is 41.7 Å². The highest BCUT2D eigenvalue weighted by Gasteiger charge is 1.97. The molecule has 0 radical (unpaired) electrons. The molecule has 5 rings (SSSR count). The largest absolute Gasteiger partial charge is 0.497 e. The van der Waals surface area contributed by atoms with Gasteiger partial charge in [-0.25, -0.2) is 5.90 Å². The molecule has 6 nitrogen and oxygen atoms in total. The smallest absolute Gasteiger partial charge is 0.221 e. The summed E-state index contributed by atoms with van der Waals surface area (Å²) in [6.45, 7) is 10.2. The fourth-order valence-corrected chi connectivity index (χ4v) is 4.11. The number of para-hydroxylation sites is 1. The molecule has 0 aromatic heterocycles. The van der Waals surface area contributed by atoms with Crippen LogP contribution in [-0.2, 0) is 22.7 Å². The number of nitrogens with two attached hydrogens (primary N) is 1. The summed E-state index contributed by atoms with van der Waals surface area (Å²) >= 11 is 0. The van der Waals surface area contributed by atoms with E-state index in [0.29, 0.717) is 6.61 Å². The van der Waals surface area contributed by atoms with Crippen LogP contribution in [-0.4, -0.2) is 20.1 Å². The molecule has 0 aliphatic heterocycles. The molecule has 6 heteroatoms. The Morgan fingerprint density at radius 3 is 1.89 bits per heavy atom. The van der Waals surface area contributed by atoms with Gasteiger partial charge in [-0.15, -0.1) is 0 Å². The van der Waals surface area contributed by atoms with E-state index in [0.717, 1.165) is 29.2 Å². The molecule has 0 saturated heterocycles. The van der Waals surface area contributed by atoms with Gasteiger partial charge in [0.1, 0.15) is 11.5 Å². The number of rotatable bonds is 6. The first-order valence-electron chi connectivity index (χ1n) is 14.6. The minimum atomic E-state index is -0.0335. The van der Waals surface area contributed by atoms with Gasteiger partial charge in [0.15, 0.2) is 0 Å². The van der Waals surface area contributed by atoms with Crippen LogP contribution in [0.3, 0.4) is 0 Å². The topological polar surface area (TPSA) is 82.8 Å². The van der Waals surface area contributed by atoms with E-state index in [9.17, 15) is 4.79 Å². The van der Waals surface area contributed by atoms with Gasteiger partial charge in [0.2, 0.25) is 5.91 Å². The van der Waals surface area contributed by atoms with E-state index >= 15 is 0 Å². The second-order valence-corrected chi connectivity index (χ2v) is 10.2. The Morgan fingerprint density at radius 1 is 0.727 bits per heavy atom. The lowest BCUT2D eigenvalue weighted by molar-refractivity contribution is -0.114. The summed E-state index contributed by atoms with van der Waals surface area (Å²) < 4.78 is 10.2. The number of hydrogen-bond acceptors (Lipinski definition) is 5. The third-order valence-electron chi connectivity index (χ3n) is 6.71. The lowest BCUT2D eigenvalue weighted by Gasteiger charge is -2.03. The summed E-state index contributed by atoms with van der Waals surface area (Å²) in [5.74, 6) is 6.77. The molecule has 0 bridgehead atoms. The van der Waals surface area contributed by atoms with Crippen molar-refractivity contribution in [3.63, 3.8) is 0 Å². The maximum atomic E-state index is 10.6. The lowest BCUT2D eigenvalue weighted by Crippen LogP contribution is -2.05. The molecule has 0 fully saturated rings. The number of nitrogens with one attached hydrogen (secondary N) is 1. The minimum Gasteiger partial charge on any atom is -0.497 e. The van der Waals surface area contributed by atoms with Crippen molar-refractivity contribution in [1.29, 1.82) is 0 Å². The van der Waals surface area contributed by atoms with Crippen LogP contribution >= 0.6 is 0 Å². The van der Waals surface area contributed by atoms with E-state index in [1.54, 1.807) is 14.2 Å². The molecule has 5 aromatic carbocycles. The molecule has 0 atom stereocenters. The molecule has 1 amide bonds. The summed E-state index contributed by atoms with van der Waals surface area (Å²) in [4.78, 5) is 15.1. The summed E-state index contributed by atoms with van der Waals surface area (Å²) in [6, 6.07) is 36.4. The molecule has 3 N–H and O–H groups in total. The first-order valence-corrected chi connectivity index (χ1v) is 14.6. The predicted molar refractivity (Wildman–Crippen MR) is 183 cm³/mol. The second-order valence-electron chi connectivity index (χ2n) is 10.2. The van der Waals surface area contributed by atoms with Crippen molar-refractivity contribution in [2.24, 2.45) is 5.90 Å². The van der Waals surface area contributed by atoms with Crippen molar-refractivity contribution in [2.45, 2.75) is 47.6 Å². The van der Waals surface area contributed by atoms with Crippen LogP contribution in [0.4, 0.5) is 5.69 Å². The molecule has 0 unspecified atom stereocenters. The van der Waals surface area contributed by atoms with Gasteiger partial charge >= 0.3 is 0 Å². The van der Waals surface area contributed by atoms with Gasteiger partial charge in [0, 0.05) is 12.6 Å². The first-order chi connectivity index (χ1) is 21.2. The van der Waals surface area contributed by atoms with Crippen molar-refractivity contribution < 1.29 is 19.1 Å². The van der Waals surface area contributed by atoms with E-state index < -0.39 is 0 Å². The van der Waals surface area contributed by atoms with E-state index in [1.807, 2.05) is 99.6 Å².